The normalized spacial score (nSPS) is 51.4. The van der Waals surface area contributed by atoms with Crippen LogP contribution in [0.4, 0.5) is 0 Å². The van der Waals surface area contributed by atoms with Crippen molar-refractivity contribution in [2.75, 3.05) is 14.2 Å². The van der Waals surface area contributed by atoms with Crippen LogP contribution in [-0.2, 0) is 57.0 Å². The number of hydrogen-bond acceptors (Lipinski definition) is 14. The number of esters is 2. The van der Waals surface area contributed by atoms with Gasteiger partial charge in [-0.2, -0.15) is 0 Å². The molecule has 14 heteroatoms. The summed E-state index contributed by atoms with van der Waals surface area (Å²) in [5.41, 5.74) is -2.43. The first kappa shape index (κ1) is 42.4. The number of aliphatic hydroxyl groups excluding tert-OH is 2. The number of epoxide rings is 1. The van der Waals surface area contributed by atoms with E-state index in [1.807, 2.05) is 27.7 Å². The first-order valence-corrected chi connectivity index (χ1v) is 21.0. The van der Waals surface area contributed by atoms with Gasteiger partial charge in [0.15, 0.2) is 12.6 Å². The molecule has 0 unspecified atom stereocenters. The van der Waals surface area contributed by atoms with E-state index in [1.54, 1.807) is 21.0 Å². The second-order valence-electron chi connectivity index (χ2n) is 18.6. The molecule has 2 N–H and O–H groups in total. The molecule has 7 aliphatic rings. The van der Waals surface area contributed by atoms with Crippen molar-refractivity contribution in [2.24, 2.45) is 34.5 Å². The van der Waals surface area contributed by atoms with Crippen molar-refractivity contribution in [1.29, 1.82) is 0 Å². The molecule has 318 valence electrons. The van der Waals surface area contributed by atoms with Gasteiger partial charge in [-0.25, -0.2) is 0 Å². The Morgan fingerprint density at radius 3 is 2.21 bits per heavy atom. The smallest absolute Gasteiger partial charge is 0.309 e. The molecule has 2 spiro atoms. The maximum Gasteiger partial charge on any atom is 0.309 e. The van der Waals surface area contributed by atoms with E-state index in [0.717, 1.165) is 32.1 Å². The summed E-state index contributed by atoms with van der Waals surface area (Å²) in [6.45, 7) is 14.7. The fourth-order valence-corrected chi connectivity index (χ4v) is 12.7. The van der Waals surface area contributed by atoms with E-state index in [4.69, 9.17) is 42.6 Å². The van der Waals surface area contributed by atoms with Gasteiger partial charge in [0.2, 0.25) is 0 Å². The van der Waals surface area contributed by atoms with Gasteiger partial charge in [-0.1, -0.05) is 27.7 Å². The molecule has 7 rings (SSSR count). The van der Waals surface area contributed by atoms with E-state index >= 15 is 0 Å². The number of ketones is 1. The Labute approximate surface area is 331 Å². The second-order valence-corrected chi connectivity index (χ2v) is 18.6. The Kier molecular flexibility index (Phi) is 11.6. The SMILES string of the molecule is CC[C@H](C)C(=O)O[C@@H]1[C@@H](OC(C)=O)[C@]2(C)[C@H](C(C)=O)CC[C@@]23O[C@]32CC[C@H]3C[C@@H](O[C@H]4C[C@@H](OC)[C@H](O[C@@H]5O[C@H](C)[C@@H](O)[C@@H](OC)[C@H]5O)[C@@H](C)O4)CC[C@]3(C)[C@@H]12. The van der Waals surface area contributed by atoms with Gasteiger partial charge in [0.05, 0.1) is 30.3 Å². The summed E-state index contributed by atoms with van der Waals surface area (Å²) >= 11 is 0. The molecule has 3 aliphatic heterocycles. The molecule has 0 aromatic carbocycles. The summed E-state index contributed by atoms with van der Waals surface area (Å²) in [4.78, 5) is 39.9. The highest BCUT2D eigenvalue weighted by molar-refractivity contribution is 5.81. The first-order chi connectivity index (χ1) is 26.4. The average Bonchev–Trinajstić information content (AvgIpc) is 3.70. The Morgan fingerprint density at radius 1 is 0.839 bits per heavy atom. The highest BCUT2D eigenvalue weighted by Crippen LogP contribution is 2.81. The van der Waals surface area contributed by atoms with Crippen molar-refractivity contribution in [3.05, 3.63) is 0 Å². The van der Waals surface area contributed by atoms with Gasteiger partial charge in [-0.05, 0) is 83.5 Å². The van der Waals surface area contributed by atoms with E-state index in [9.17, 15) is 24.6 Å². The highest BCUT2D eigenvalue weighted by Gasteiger charge is 2.91. The number of rotatable bonds is 11. The van der Waals surface area contributed by atoms with E-state index in [2.05, 4.69) is 6.92 Å². The molecule has 56 heavy (non-hydrogen) atoms. The number of ether oxygens (including phenoxy) is 9. The Morgan fingerprint density at radius 2 is 1.57 bits per heavy atom. The van der Waals surface area contributed by atoms with Crippen LogP contribution in [0.15, 0.2) is 0 Å². The largest absolute Gasteiger partial charge is 0.458 e. The Balaban J connectivity index is 1.10. The topological polar surface area (TPSA) is 178 Å². The molecular weight excluding hydrogens is 728 g/mol. The third-order valence-electron chi connectivity index (χ3n) is 15.8. The quantitative estimate of drug-likeness (QED) is 0.174. The van der Waals surface area contributed by atoms with Crippen LogP contribution in [-0.4, -0.2) is 127 Å². The molecule has 20 atom stereocenters. The van der Waals surface area contributed by atoms with Gasteiger partial charge in [0.25, 0.3) is 0 Å². The summed E-state index contributed by atoms with van der Waals surface area (Å²) in [6.07, 6.45) is -2.23. The second kappa shape index (κ2) is 15.4. The van der Waals surface area contributed by atoms with Crippen LogP contribution in [0.1, 0.15) is 113 Å². The van der Waals surface area contributed by atoms with Crippen LogP contribution in [0.2, 0.25) is 0 Å². The molecule has 3 heterocycles. The van der Waals surface area contributed by atoms with Crippen LogP contribution >= 0.6 is 0 Å². The summed E-state index contributed by atoms with van der Waals surface area (Å²) in [6, 6.07) is 0. The number of Topliss-reactive ketones (excluding diaryl/α,β-unsaturated/α-hetero) is 1. The van der Waals surface area contributed by atoms with Gasteiger partial charge >= 0.3 is 11.9 Å². The monoisotopic (exact) mass is 794 g/mol. The zero-order valence-corrected chi connectivity index (χ0v) is 34.9. The average molecular weight is 795 g/mol. The van der Waals surface area contributed by atoms with Crippen molar-refractivity contribution < 1.29 is 67.2 Å². The van der Waals surface area contributed by atoms with Crippen molar-refractivity contribution in [3.8, 4) is 0 Å². The zero-order valence-electron chi connectivity index (χ0n) is 34.9. The number of hydrogen-bond donors (Lipinski definition) is 2. The van der Waals surface area contributed by atoms with Gasteiger partial charge in [0.1, 0.15) is 53.6 Å². The number of aliphatic hydroxyl groups is 2. The number of carbonyl (C=O) groups is 3. The van der Waals surface area contributed by atoms with E-state index < -0.39 is 90.1 Å². The molecule has 4 aliphatic carbocycles. The lowest BCUT2D eigenvalue weighted by molar-refractivity contribution is -0.343. The Bertz CT molecular complexity index is 1490. The Hall–Kier alpha value is -1.75. The highest BCUT2D eigenvalue weighted by atomic mass is 16.7. The van der Waals surface area contributed by atoms with Gasteiger partial charge in [0, 0.05) is 44.8 Å². The molecule has 7 fully saturated rings. The molecule has 0 amide bonds. The number of methoxy groups -OCH3 is 2. The van der Waals surface area contributed by atoms with Crippen molar-refractivity contribution in [3.63, 3.8) is 0 Å². The summed E-state index contributed by atoms with van der Waals surface area (Å²) in [5.74, 6) is -1.53. The van der Waals surface area contributed by atoms with Crippen LogP contribution in [0.25, 0.3) is 0 Å². The standard InChI is InChI=1S/C42H66O14/c1-11-20(2)37(47)54-34-35-39(7)15-13-26(53-29-19-28(48-9)32(23(5)50-29)55-38-31(46)33(49-10)30(45)22(4)51-38)18-25(39)12-16-41(35)42(56-41)17-14-27(21(3)43)40(42,8)36(34)52-24(6)44/h20,22-23,25-36,38,45-46H,11-19H2,1-10H3/t20-,22+,23+,25-,26-,27-,28+,29-,30+,31+,32+,33+,34-,35+,36+,38-,39-,40-,41-,42+/m0/s1. The van der Waals surface area contributed by atoms with Gasteiger partial charge in [-0.15, -0.1) is 0 Å². The van der Waals surface area contributed by atoms with Crippen molar-refractivity contribution >= 4 is 17.7 Å². The molecule has 14 nitrogen and oxygen atoms in total. The van der Waals surface area contributed by atoms with Crippen LogP contribution in [0.5, 0.6) is 0 Å². The molecule has 0 radical (unpaired) electrons. The van der Waals surface area contributed by atoms with Crippen molar-refractivity contribution in [2.45, 2.75) is 198 Å². The molecule has 4 saturated carbocycles. The minimum Gasteiger partial charge on any atom is -0.458 e. The fraction of sp³-hybridized carbons (Fsp3) is 0.929. The fourth-order valence-electron chi connectivity index (χ4n) is 12.7. The summed E-state index contributed by atoms with van der Waals surface area (Å²) < 4.78 is 56.5. The maximum atomic E-state index is 13.7. The summed E-state index contributed by atoms with van der Waals surface area (Å²) in [7, 11) is 3.04. The molecule has 0 aromatic rings. The first-order valence-electron chi connectivity index (χ1n) is 21.0. The third-order valence-corrected chi connectivity index (χ3v) is 15.8. The lowest BCUT2D eigenvalue weighted by atomic mass is 9.43. The number of fused-ring (bicyclic) bond motifs is 2. The van der Waals surface area contributed by atoms with Crippen LogP contribution in [0, 0.1) is 34.5 Å². The minimum absolute atomic E-state index is 0.0390. The number of carbonyl (C=O) groups excluding carboxylic acids is 3. The predicted molar refractivity (Wildman–Crippen MR) is 198 cm³/mol. The molecule has 0 aromatic heterocycles. The molecular formula is C42H66O14. The van der Waals surface area contributed by atoms with Gasteiger partial charge in [-0.3, -0.25) is 14.4 Å². The van der Waals surface area contributed by atoms with Crippen LogP contribution in [0.3, 0.4) is 0 Å². The van der Waals surface area contributed by atoms with Crippen molar-refractivity contribution in [1.82, 2.24) is 0 Å². The van der Waals surface area contributed by atoms with E-state index in [-0.39, 0.29) is 46.9 Å². The van der Waals surface area contributed by atoms with Crippen LogP contribution < -0.4 is 0 Å². The predicted octanol–water partition coefficient (Wildman–Crippen LogP) is 4.02. The molecule has 3 saturated heterocycles. The van der Waals surface area contributed by atoms with E-state index in [1.165, 1.54) is 14.0 Å². The van der Waals surface area contributed by atoms with E-state index in [0.29, 0.717) is 25.7 Å². The minimum atomic E-state index is -1.21. The van der Waals surface area contributed by atoms with Gasteiger partial charge < -0.3 is 52.8 Å². The lowest BCUT2D eigenvalue weighted by Crippen LogP contribution is -2.70. The zero-order chi connectivity index (χ0) is 40.7. The lowest BCUT2D eigenvalue weighted by Gasteiger charge is -2.61. The summed E-state index contributed by atoms with van der Waals surface area (Å²) in [5, 5.41) is 21.3. The maximum absolute atomic E-state index is 13.7. The molecule has 0 bridgehead atoms. The third kappa shape index (κ3) is 6.42.